The van der Waals surface area contributed by atoms with E-state index >= 15 is 0 Å². The molecule has 0 spiro atoms. The van der Waals surface area contributed by atoms with Crippen molar-refractivity contribution < 1.29 is 33.3 Å². The van der Waals surface area contributed by atoms with Crippen molar-refractivity contribution in [1.82, 2.24) is 9.97 Å². The number of nitrogens with one attached hydrogen (secondary N) is 2. The molecule has 0 atom stereocenters. The van der Waals surface area contributed by atoms with Crippen LogP contribution in [0.4, 0.5) is 23.0 Å². The fourth-order valence-electron chi connectivity index (χ4n) is 2.53. The topological polar surface area (TPSA) is 170 Å². The maximum absolute atomic E-state index is 11.9. The maximum Gasteiger partial charge on any atom is 0.263 e. The van der Waals surface area contributed by atoms with E-state index in [4.69, 9.17) is 11.5 Å². The van der Waals surface area contributed by atoms with Gasteiger partial charge in [0.1, 0.15) is 11.6 Å². The van der Waals surface area contributed by atoms with Crippen molar-refractivity contribution in [2.24, 2.45) is 0 Å². The van der Waals surface area contributed by atoms with Crippen molar-refractivity contribution in [3.05, 3.63) is 97.3 Å². The van der Waals surface area contributed by atoms with Gasteiger partial charge in [-0.05, 0) is 72.8 Å². The number of pyridine rings is 2. The van der Waals surface area contributed by atoms with Crippen molar-refractivity contribution in [1.29, 1.82) is 0 Å². The molecule has 35 heavy (non-hydrogen) atoms. The van der Waals surface area contributed by atoms with E-state index in [1.165, 1.54) is 60.9 Å². The number of nitrogen functional groups attached to an aromatic ring is 2. The van der Waals surface area contributed by atoms with Crippen LogP contribution in [-0.4, -0.2) is 26.8 Å². The molecular formula is C22H22N6NiO4S2. The van der Waals surface area contributed by atoms with E-state index in [9.17, 15) is 16.8 Å². The summed E-state index contributed by atoms with van der Waals surface area (Å²) in [5.74, 6) is 0.564. The van der Waals surface area contributed by atoms with Crippen LogP contribution in [0.2, 0.25) is 0 Å². The third-order valence-electron chi connectivity index (χ3n) is 4.19. The molecule has 2 heterocycles. The normalized spacial score (nSPS) is 10.7. The summed E-state index contributed by atoms with van der Waals surface area (Å²) in [4.78, 5) is 8.08. The summed E-state index contributed by atoms with van der Waals surface area (Å²) in [5.41, 5.74) is 12.0. The zero-order chi connectivity index (χ0) is 24.6. The Hall–Kier alpha value is -3.67. The standard InChI is InChI=1S/2C11H11N3O2S.Ni/c2*12-9-4-6-10(7-5-9)17(15,16)14-11-3-1-2-8-13-11;/h2*1-8H,12H2,(H,13,14);. The summed E-state index contributed by atoms with van der Waals surface area (Å²) in [6.07, 6.45) is 3.03. The minimum atomic E-state index is -3.60. The molecular weight excluding hydrogens is 535 g/mol. The van der Waals surface area contributed by atoms with E-state index in [2.05, 4.69) is 19.4 Å². The quantitative estimate of drug-likeness (QED) is 0.207. The van der Waals surface area contributed by atoms with Gasteiger partial charge in [0.2, 0.25) is 0 Å². The van der Waals surface area contributed by atoms with E-state index < -0.39 is 20.0 Å². The number of hydrogen-bond acceptors (Lipinski definition) is 8. The Morgan fingerprint density at radius 3 is 1.17 bits per heavy atom. The molecule has 2 aromatic carbocycles. The zero-order valence-electron chi connectivity index (χ0n) is 18.1. The molecule has 13 heteroatoms. The molecule has 0 radical (unpaired) electrons. The van der Waals surface area contributed by atoms with E-state index in [0.717, 1.165) is 0 Å². The van der Waals surface area contributed by atoms with Crippen molar-refractivity contribution in [3.8, 4) is 0 Å². The minimum Gasteiger partial charge on any atom is -0.399 e. The monoisotopic (exact) mass is 556 g/mol. The smallest absolute Gasteiger partial charge is 0.263 e. The molecule has 6 N–H and O–H groups in total. The predicted molar refractivity (Wildman–Crippen MR) is 132 cm³/mol. The van der Waals surface area contributed by atoms with Gasteiger partial charge in [-0.25, -0.2) is 26.8 Å². The molecule has 0 saturated carbocycles. The van der Waals surface area contributed by atoms with Crippen LogP contribution < -0.4 is 20.9 Å². The van der Waals surface area contributed by atoms with Gasteiger partial charge in [-0.15, -0.1) is 0 Å². The van der Waals surface area contributed by atoms with Gasteiger partial charge in [0.25, 0.3) is 20.0 Å². The molecule has 186 valence electrons. The summed E-state index contributed by atoms with van der Waals surface area (Å²) in [6.45, 7) is 0. The first-order chi connectivity index (χ1) is 16.2. The van der Waals surface area contributed by atoms with Gasteiger partial charge >= 0.3 is 0 Å². The van der Waals surface area contributed by atoms with Gasteiger partial charge in [-0.1, -0.05) is 12.1 Å². The van der Waals surface area contributed by atoms with Crippen LogP contribution in [0.15, 0.2) is 107 Å². The average Bonchev–Trinajstić information content (AvgIpc) is 2.81. The molecule has 2 aromatic heterocycles. The predicted octanol–water partition coefficient (Wildman–Crippen LogP) is 2.93. The number of hydrogen-bond donors (Lipinski definition) is 4. The molecule has 0 unspecified atom stereocenters. The largest absolute Gasteiger partial charge is 0.399 e. The van der Waals surface area contributed by atoms with Crippen LogP contribution in [0.1, 0.15) is 0 Å². The fourth-order valence-corrected chi connectivity index (χ4v) is 4.55. The third-order valence-corrected chi connectivity index (χ3v) is 6.93. The van der Waals surface area contributed by atoms with Crippen LogP contribution >= 0.6 is 0 Å². The summed E-state index contributed by atoms with van der Waals surface area (Å²) in [6, 6.07) is 21.9. The summed E-state index contributed by atoms with van der Waals surface area (Å²) < 4.78 is 52.4. The molecule has 10 nitrogen and oxygen atoms in total. The summed E-state index contributed by atoms with van der Waals surface area (Å²) in [5, 5.41) is 0. The van der Waals surface area contributed by atoms with Crippen molar-refractivity contribution in [2.45, 2.75) is 9.79 Å². The second-order valence-electron chi connectivity index (χ2n) is 6.78. The molecule has 0 bridgehead atoms. The van der Waals surface area contributed by atoms with Crippen LogP contribution in [0.25, 0.3) is 0 Å². The molecule has 0 aliphatic carbocycles. The Kier molecular flexibility index (Phi) is 9.58. The SMILES string of the molecule is Nc1ccc(S(=O)(=O)Nc2ccccn2)cc1.Nc1ccc(S(=O)(=O)Nc2ccccn2)cc1.[Ni]. The molecule has 0 saturated heterocycles. The van der Waals surface area contributed by atoms with Crippen molar-refractivity contribution in [2.75, 3.05) is 20.9 Å². The first-order valence-corrected chi connectivity index (χ1v) is 12.7. The first-order valence-electron chi connectivity index (χ1n) is 9.74. The number of anilines is 4. The first kappa shape index (κ1) is 27.6. The van der Waals surface area contributed by atoms with E-state index in [-0.39, 0.29) is 37.9 Å². The Labute approximate surface area is 213 Å². The second kappa shape index (κ2) is 12.2. The number of sulfonamides is 2. The fraction of sp³-hybridized carbons (Fsp3) is 0. The third kappa shape index (κ3) is 8.25. The Bertz CT molecular complexity index is 1310. The van der Waals surface area contributed by atoms with E-state index in [0.29, 0.717) is 11.4 Å². The number of aromatic nitrogens is 2. The van der Waals surface area contributed by atoms with Gasteiger partial charge < -0.3 is 11.5 Å². The van der Waals surface area contributed by atoms with Gasteiger partial charge in [0.15, 0.2) is 0 Å². The molecule has 0 amide bonds. The summed E-state index contributed by atoms with van der Waals surface area (Å²) in [7, 11) is -7.20. The number of rotatable bonds is 6. The van der Waals surface area contributed by atoms with Crippen LogP contribution in [-0.2, 0) is 36.5 Å². The van der Waals surface area contributed by atoms with Crippen molar-refractivity contribution >= 4 is 43.1 Å². The van der Waals surface area contributed by atoms with Crippen molar-refractivity contribution in [3.63, 3.8) is 0 Å². The van der Waals surface area contributed by atoms with Gasteiger partial charge in [-0.2, -0.15) is 0 Å². The second-order valence-corrected chi connectivity index (χ2v) is 10.1. The molecule has 0 fully saturated rings. The molecule has 4 rings (SSSR count). The zero-order valence-corrected chi connectivity index (χ0v) is 20.7. The number of benzene rings is 2. The van der Waals surface area contributed by atoms with Crippen LogP contribution in [0.3, 0.4) is 0 Å². The van der Waals surface area contributed by atoms with Crippen LogP contribution in [0, 0.1) is 0 Å². The average molecular weight is 557 g/mol. The maximum atomic E-state index is 11.9. The van der Waals surface area contributed by atoms with E-state index in [1.807, 2.05) is 0 Å². The molecule has 0 aliphatic rings. The summed E-state index contributed by atoms with van der Waals surface area (Å²) >= 11 is 0. The Morgan fingerprint density at radius 1 is 0.543 bits per heavy atom. The van der Waals surface area contributed by atoms with Gasteiger partial charge in [-0.3, -0.25) is 9.44 Å². The van der Waals surface area contributed by atoms with Gasteiger partial charge in [0.05, 0.1) is 9.79 Å². The van der Waals surface area contributed by atoms with Gasteiger partial charge in [0, 0.05) is 40.3 Å². The molecule has 4 aromatic rings. The number of nitrogens with two attached hydrogens (primary N) is 2. The van der Waals surface area contributed by atoms with Crippen LogP contribution in [0.5, 0.6) is 0 Å². The minimum absolute atomic E-state index is 0. The number of nitrogens with zero attached hydrogens (tertiary/aromatic N) is 2. The van der Waals surface area contributed by atoms with E-state index in [1.54, 1.807) is 36.4 Å². The molecule has 0 aliphatic heterocycles. The Morgan fingerprint density at radius 2 is 0.886 bits per heavy atom. The Balaban J connectivity index is 0.000000240.